The number of hydrogen-bond donors (Lipinski definition) is 0. The Labute approximate surface area is 195 Å². The molecule has 1 aliphatic heterocycles. The van der Waals surface area contributed by atoms with Crippen molar-refractivity contribution >= 4 is 5.82 Å². The minimum atomic E-state index is -4.39. The van der Waals surface area contributed by atoms with Crippen molar-refractivity contribution < 1.29 is 27.0 Å². The summed E-state index contributed by atoms with van der Waals surface area (Å²) in [7, 11) is 3.14. The molecule has 1 saturated heterocycles. The van der Waals surface area contributed by atoms with Crippen LogP contribution in [0, 0.1) is 5.82 Å². The van der Waals surface area contributed by atoms with Crippen molar-refractivity contribution in [2.45, 2.75) is 37.9 Å². The van der Waals surface area contributed by atoms with E-state index in [0.29, 0.717) is 42.9 Å². The van der Waals surface area contributed by atoms with Crippen molar-refractivity contribution in [2.75, 3.05) is 25.7 Å². The van der Waals surface area contributed by atoms with Gasteiger partial charge >= 0.3 is 6.18 Å². The van der Waals surface area contributed by atoms with Crippen LogP contribution < -0.4 is 14.4 Å². The predicted octanol–water partition coefficient (Wildman–Crippen LogP) is 5.78. The van der Waals surface area contributed by atoms with Crippen LogP contribution in [0.1, 0.15) is 41.3 Å². The normalized spacial score (nSPS) is 16.1. The number of hydrogen-bond acceptors (Lipinski definition) is 5. The maximum atomic E-state index is 15.5. The van der Waals surface area contributed by atoms with Crippen molar-refractivity contribution in [3.05, 3.63) is 77.0 Å². The zero-order valence-electron chi connectivity index (χ0n) is 18.9. The van der Waals surface area contributed by atoms with Crippen LogP contribution in [0.4, 0.5) is 23.4 Å². The van der Waals surface area contributed by atoms with Crippen LogP contribution in [-0.4, -0.2) is 30.7 Å². The Morgan fingerprint density at radius 3 is 2.26 bits per heavy atom. The van der Waals surface area contributed by atoms with E-state index >= 15 is 4.39 Å². The van der Waals surface area contributed by atoms with Gasteiger partial charge in [0.05, 0.1) is 31.5 Å². The van der Waals surface area contributed by atoms with E-state index in [1.165, 1.54) is 18.5 Å². The summed E-state index contributed by atoms with van der Waals surface area (Å²) >= 11 is 0. The van der Waals surface area contributed by atoms with Gasteiger partial charge in [-0.05, 0) is 61.1 Å². The monoisotopic (exact) mass is 475 g/mol. The third kappa shape index (κ3) is 5.08. The third-order valence-corrected chi connectivity index (χ3v) is 6.05. The summed E-state index contributed by atoms with van der Waals surface area (Å²) in [4.78, 5) is 10.1. The molecule has 1 aromatic heterocycles. The summed E-state index contributed by atoms with van der Waals surface area (Å²) in [5, 5.41) is 0. The number of aryl methyl sites for hydroxylation is 2. The number of nitrogens with zero attached hydrogens (tertiary/aromatic N) is 3. The SMILES string of the molecule is COc1cc(CCc2ncnc(N3CCCC3c3ccc(C(F)(F)F)cc3)c2F)cc(OC)c1. The first kappa shape index (κ1) is 23.8. The van der Waals surface area contributed by atoms with Gasteiger partial charge in [0.2, 0.25) is 0 Å². The zero-order chi connectivity index (χ0) is 24.3. The van der Waals surface area contributed by atoms with Crippen molar-refractivity contribution in [2.24, 2.45) is 0 Å². The molecular weight excluding hydrogens is 450 g/mol. The van der Waals surface area contributed by atoms with Crippen LogP contribution in [0.2, 0.25) is 0 Å². The molecule has 0 spiro atoms. The summed E-state index contributed by atoms with van der Waals surface area (Å²) in [6, 6.07) is 10.3. The maximum absolute atomic E-state index is 15.5. The molecule has 1 unspecified atom stereocenters. The second-order valence-electron chi connectivity index (χ2n) is 8.15. The van der Waals surface area contributed by atoms with E-state index in [1.54, 1.807) is 20.3 Å². The van der Waals surface area contributed by atoms with Gasteiger partial charge < -0.3 is 14.4 Å². The molecule has 34 heavy (non-hydrogen) atoms. The van der Waals surface area contributed by atoms with Crippen LogP contribution in [-0.2, 0) is 19.0 Å². The van der Waals surface area contributed by atoms with Crippen LogP contribution in [0.5, 0.6) is 11.5 Å². The third-order valence-electron chi connectivity index (χ3n) is 6.05. The second-order valence-corrected chi connectivity index (χ2v) is 8.15. The molecule has 2 aromatic carbocycles. The number of ether oxygens (including phenoxy) is 2. The lowest BCUT2D eigenvalue weighted by Crippen LogP contribution is -2.25. The molecule has 0 radical (unpaired) electrons. The van der Waals surface area contributed by atoms with E-state index in [-0.39, 0.29) is 17.6 Å². The highest BCUT2D eigenvalue weighted by Gasteiger charge is 2.33. The number of halogens is 4. The van der Waals surface area contributed by atoms with E-state index in [0.717, 1.165) is 24.1 Å². The summed E-state index contributed by atoms with van der Waals surface area (Å²) < 4.78 is 64.8. The number of benzene rings is 2. The van der Waals surface area contributed by atoms with Gasteiger partial charge in [-0.15, -0.1) is 0 Å². The van der Waals surface area contributed by atoms with E-state index in [2.05, 4.69) is 9.97 Å². The molecular formula is C25H25F4N3O2. The van der Waals surface area contributed by atoms with Gasteiger partial charge in [0.25, 0.3) is 0 Å². The largest absolute Gasteiger partial charge is 0.497 e. The summed E-state index contributed by atoms with van der Waals surface area (Å²) in [5.41, 5.74) is 1.20. The van der Waals surface area contributed by atoms with E-state index in [1.807, 2.05) is 17.0 Å². The molecule has 0 aliphatic carbocycles. The molecule has 9 heteroatoms. The Kier molecular flexibility index (Phi) is 6.90. The predicted molar refractivity (Wildman–Crippen MR) is 120 cm³/mol. The van der Waals surface area contributed by atoms with Crippen molar-refractivity contribution in [1.82, 2.24) is 9.97 Å². The minimum absolute atomic E-state index is 0.177. The van der Waals surface area contributed by atoms with Gasteiger partial charge in [0.15, 0.2) is 11.6 Å². The summed E-state index contributed by atoms with van der Waals surface area (Å²) in [5.74, 6) is 0.969. The van der Waals surface area contributed by atoms with Crippen molar-refractivity contribution in [1.29, 1.82) is 0 Å². The standard InChI is InChI=1S/C25H25F4N3O2/c1-33-19-12-16(13-20(14-19)34-2)5-10-21-23(26)24(31-15-30-21)32-11-3-4-22(32)17-6-8-18(9-7-17)25(27,28)29/h6-9,12-15,22H,3-5,10-11H2,1-2H3. The minimum Gasteiger partial charge on any atom is -0.497 e. The molecule has 0 bridgehead atoms. The van der Waals surface area contributed by atoms with E-state index < -0.39 is 17.6 Å². The van der Waals surface area contributed by atoms with Crippen LogP contribution in [0.3, 0.4) is 0 Å². The lowest BCUT2D eigenvalue weighted by Gasteiger charge is -2.27. The molecule has 2 heterocycles. The van der Waals surface area contributed by atoms with Crippen LogP contribution >= 0.6 is 0 Å². The molecule has 0 saturated carbocycles. The summed E-state index contributed by atoms with van der Waals surface area (Å²) in [6.07, 6.45) is -0.710. The number of alkyl halides is 3. The van der Waals surface area contributed by atoms with Gasteiger partial charge in [-0.3, -0.25) is 0 Å². The zero-order valence-corrected chi connectivity index (χ0v) is 18.9. The maximum Gasteiger partial charge on any atom is 0.416 e. The molecule has 3 aromatic rings. The lowest BCUT2D eigenvalue weighted by molar-refractivity contribution is -0.137. The van der Waals surface area contributed by atoms with Crippen molar-refractivity contribution in [3.63, 3.8) is 0 Å². The van der Waals surface area contributed by atoms with Gasteiger partial charge in [-0.2, -0.15) is 13.2 Å². The number of anilines is 1. The van der Waals surface area contributed by atoms with Gasteiger partial charge in [0, 0.05) is 12.6 Å². The molecule has 1 aliphatic rings. The fraction of sp³-hybridized carbons (Fsp3) is 0.360. The molecule has 1 fully saturated rings. The quantitative estimate of drug-likeness (QED) is 0.406. The smallest absolute Gasteiger partial charge is 0.416 e. The number of methoxy groups -OCH3 is 2. The highest BCUT2D eigenvalue weighted by Crippen LogP contribution is 2.38. The molecule has 1 atom stereocenters. The number of aromatic nitrogens is 2. The molecule has 0 N–H and O–H groups in total. The molecule has 180 valence electrons. The van der Waals surface area contributed by atoms with Crippen LogP contribution in [0.15, 0.2) is 48.8 Å². The van der Waals surface area contributed by atoms with Crippen LogP contribution in [0.25, 0.3) is 0 Å². The fourth-order valence-corrected chi connectivity index (χ4v) is 4.30. The molecule has 4 rings (SSSR count). The molecule has 0 amide bonds. The fourth-order valence-electron chi connectivity index (χ4n) is 4.30. The average molecular weight is 475 g/mol. The lowest BCUT2D eigenvalue weighted by atomic mass is 10.0. The van der Waals surface area contributed by atoms with Gasteiger partial charge in [0.1, 0.15) is 17.8 Å². The van der Waals surface area contributed by atoms with E-state index in [4.69, 9.17) is 9.47 Å². The first-order valence-corrected chi connectivity index (χ1v) is 10.9. The van der Waals surface area contributed by atoms with Crippen molar-refractivity contribution in [3.8, 4) is 11.5 Å². The Morgan fingerprint density at radius 1 is 0.971 bits per heavy atom. The highest BCUT2D eigenvalue weighted by molar-refractivity contribution is 5.47. The first-order chi connectivity index (χ1) is 16.3. The Balaban J connectivity index is 1.54. The van der Waals surface area contributed by atoms with Gasteiger partial charge in [-0.25, -0.2) is 14.4 Å². The number of rotatable bonds is 7. The van der Waals surface area contributed by atoms with E-state index in [9.17, 15) is 13.2 Å². The first-order valence-electron chi connectivity index (χ1n) is 10.9. The Morgan fingerprint density at radius 2 is 1.65 bits per heavy atom. The average Bonchev–Trinajstić information content (AvgIpc) is 3.32. The molecule has 5 nitrogen and oxygen atoms in total. The highest BCUT2D eigenvalue weighted by atomic mass is 19.4. The Hall–Kier alpha value is -3.36. The Bertz CT molecular complexity index is 1110. The van der Waals surface area contributed by atoms with Gasteiger partial charge in [-0.1, -0.05) is 12.1 Å². The second kappa shape index (κ2) is 9.87. The topological polar surface area (TPSA) is 47.5 Å². The summed E-state index contributed by atoms with van der Waals surface area (Å²) in [6.45, 7) is 0.562.